The van der Waals surface area contributed by atoms with E-state index < -0.39 is 0 Å². The van der Waals surface area contributed by atoms with Crippen molar-refractivity contribution in [3.8, 4) is 0 Å². The minimum atomic E-state index is 1.03. The molecule has 0 amide bonds. The molecule has 0 bridgehead atoms. The molecule has 0 saturated carbocycles. The van der Waals surface area contributed by atoms with Gasteiger partial charge in [0.15, 0.2) is 0 Å². The Morgan fingerprint density at radius 1 is 1.78 bits per heavy atom. The van der Waals surface area contributed by atoms with Gasteiger partial charge in [0, 0.05) is 24.9 Å². The number of thioether (sulfide) groups is 1. The van der Waals surface area contributed by atoms with Crippen molar-refractivity contribution < 1.29 is 0 Å². The van der Waals surface area contributed by atoms with E-state index in [-0.39, 0.29) is 0 Å². The van der Waals surface area contributed by atoms with E-state index in [1.165, 1.54) is 11.3 Å². The van der Waals surface area contributed by atoms with E-state index in [0.29, 0.717) is 0 Å². The summed E-state index contributed by atoms with van der Waals surface area (Å²) in [6, 6.07) is 0. The number of hydrogen-bond donors (Lipinski definition) is 1. The van der Waals surface area contributed by atoms with Gasteiger partial charge in [-0.2, -0.15) is 0 Å². The fourth-order valence-corrected chi connectivity index (χ4v) is 1.59. The summed E-state index contributed by atoms with van der Waals surface area (Å²) in [6.07, 6.45) is 1.03. The van der Waals surface area contributed by atoms with Crippen LogP contribution in [0.4, 0.5) is 0 Å². The van der Waals surface area contributed by atoms with Crippen LogP contribution in [-0.2, 0) is 0 Å². The van der Waals surface area contributed by atoms with Crippen molar-refractivity contribution in [2.24, 2.45) is 0 Å². The molecule has 50 valence electrons. The molecule has 9 heavy (non-hydrogen) atoms. The third-order valence-corrected chi connectivity index (χ3v) is 2.30. The maximum Gasteiger partial charge on any atom is 0.0209 e. The van der Waals surface area contributed by atoms with E-state index in [1.54, 1.807) is 0 Å². The lowest BCUT2D eigenvalue weighted by Gasteiger charge is -2.13. The first kappa shape index (κ1) is 6.75. The van der Waals surface area contributed by atoms with Gasteiger partial charge in [-0.1, -0.05) is 12.2 Å². The van der Waals surface area contributed by atoms with Gasteiger partial charge in [0.1, 0.15) is 0 Å². The van der Waals surface area contributed by atoms with E-state index in [2.05, 4.69) is 17.3 Å². The van der Waals surface area contributed by atoms with Gasteiger partial charge in [-0.15, -0.1) is 11.8 Å². The number of nitrogens with one attached hydrogen (secondary N) is 1. The maximum atomic E-state index is 3.91. The standard InChI is InChI=1S/C7H11NS/c1-6-3-7(8-2)5-9-4-6/h5,8H,1,3-4H2,2H3. The first-order valence-corrected chi connectivity index (χ1v) is 4.03. The van der Waals surface area contributed by atoms with Crippen molar-refractivity contribution in [3.63, 3.8) is 0 Å². The van der Waals surface area contributed by atoms with Gasteiger partial charge in [0.25, 0.3) is 0 Å². The number of allylic oxidation sites excluding steroid dienone is 1. The summed E-state index contributed by atoms with van der Waals surface area (Å²) in [4.78, 5) is 0. The van der Waals surface area contributed by atoms with Crippen LogP contribution in [-0.4, -0.2) is 12.8 Å². The Bertz CT molecular complexity index is 149. The Morgan fingerprint density at radius 3 is 3.00 bits per heavy atom. The topological polar surface area (TPSA) is 12.0 Å². The van der Waals surface area contributed by atoms with Crippen molar-refractivity contribution >= 4 is 11.8 Å². The zero-order valence-corrected chi connectivity index (χ0v) is 6.42. The lowest BCUT2D eigenvalue weighted by molar-refractivity contribution is 0.916. The highest BCUT2D eigenvalue weighted by atomic mass is 32.2. The second-order valence-electron chi connectivity index (χ2n) is 2.13. The molecule has 0 atom stereocenters. The lowest BCUT2D eigenvalue weighted by atomic mass is 10.2. The van der Waals surface area contributed by atoms with Crippen molar-refractivity contribution in [1.29, 1.82) is 0 Å². The van der Waals surface area contributed by atoms with Gasteiger partial charge in [-0.05, 0) is 5.41 Å². The Hall–Kier alpha value is -0.370. The first-order valence-electron chi connectivity index (χ1n) is 2.98. The molecule has 2 heteroatoms. The molecular weight excluding hydrogens is 130 g/mol. The summed E-state index contributed by atoms with van der Waals surface area (Å²) < 4.78 is 0. The fraction of sp³-hybridized carbons (Fsp3) is 0.429. The Kier molecular flexibility index (Phi) is 2.22. The smallest absolute Gasteiger partial charge is 0.0209 e. The normalized spacial score (nSPS) is 19.2. The van der Waals surface area contributed by atoms with Crippen LogP contribution < -0.4 is 5.32 Å². The molecule has 1 nitrogen and oxygen atoms in total. The summed E-state index contributed by atoms with van der Waals surface area (Å²) >= 11 is 1.81. The van der Waals surface area contributed by atoms with Crippen LogP contribution in [0.1, 0.15) is 6.42 Å². The summed E-state index contributed by atoms with van der Waals surface area (Å²) in [5.74, 6) is 1.09. The Morgan fingerprint density at radius 2 is 2.56 bits per heavy atom. The van der Waals surface area contributed by atoms with Crippen molar-refractivity contribution in [2.45, 2.75) is 6.42 Å². The van der Waals surface area contributed by atoms with Gasteiger partial charge in [-0.25, -0.2) is 0 Å². The van der Waals surface area contributed by atoms with E-state index in [0.717, 1.165) is 12.2 Å². The van der Waals surface area contributed by atoms with Gasteiger partial charge in [-0.3, -0.25) is 0 Å². The molecule has 0 radical (unpaired) electrons. The molecule has 0 aromatic heterocycles. The highest BCUT2D eigenvalue weighted by molar-refractivity contribution is 8.02. The van der Waals surface area contributed by atoms with Crippen LogP contribution in [0.15, 0.2) is 23.3 Å². The Labute approximate surface area is 60.2 Å². The van der Waals surface area contributed by atoms with Crippen LogP contribution in [0.25, 0.3) is 0 Å². The van der Waals surface area contributed by atoms with Crippen molar-refractivity contribution in [1.82, 2.24) is 5.32 Å². The molecule has 1 aliphatic rings. The fourth-order valence-electron chi connectivity index (χ4n) is 0.769. The third kappa shape index (κ3) is 1.79. The lowest BCUT2D eigenvalue weighted by Crippen LogP contribution is -2.09. The first-order chi connectivity index (χ1) is 4.33. The van der Waals surface area contributed by atoms with E-state index in [1.807, 2.05) is 18.8 Å². The zero-order valence-electron chi connectivity index (χ0n) is 5.61. The van der Waals surface area contributed by atoms with Crippen molar-refractivity contribution in [3.05, 3.63) is 23.3 Å². The quantitative estimate of drug-likeness (QED) is 0.558. The second kappa shape index (κ2) is 2.97. The van der Waals surface area contributed by atoms with Crippen LogP contribution in [0.2, 0.25) is 0 Å². The monoisotopic (exact) mass is 141 g/mol. The highest BCUT2D eigenvalue weighted by Crippen LogP contribution is 2.21. The minimum Gasteiger partial charge on any atom is -0.391 e. The molecular formula is C7H11NS. The highest BCUT2D eigenvalue weighted by Gasteiger charge is 2.03. The minimum absolute atomic E-state index is 1.03. The molecule has 0 unspecified atom stereocenters. The van der Waals surface area contributed by atoms with E-state index in [4.69, 9.17) is 0 Å². The second-order valence-corrected chi connectivity index (χ2v) is 2.99. The molecule has 1 aliphatic heterocycles. The average Bonchev–Trinajstić information content (AvgIpc) is 1.88. The molecule has 0 aliphatic carbocycles. The predicted molar refractivity (Wildman–Crippen MR) is 43.4 cm³/mol. The molecule has 0 saturated heterocycles. The van der Waals surface area contributed by atoms with Crippen LogP contribution in [0.3, 0.4) is 0 Å². The van der Waals surface area contributed by atoms with Gasteiger partial charge in [0.2, 0.25) is 0 Å². The van der Waals surface area contributed by atoms with Crippen LogP contribution in [0.5, 0.6) is 0 Å². The van der Waals surface area contributed by atoms with Gasteiger partial charge >= 0.3 is 0 Å². The summed E-state index contributed by atoms with van der Waals surface area (Å²) in [5, 5.41) is 5.28. The molecule has 0 fully saturated rings. The average molecular weight is 141 g/mol. The van der Waals surface area contributed by atoms with Crippen LogP contribution >= 0.6 is 11.8 Å². The largest absolute Gasteiger partial charge is 0.391 e. The molecule has 1 N–H and O–H groups in total. The summed E-state index contributed by atoms with van der Waals surface area (Å²) in [5.41, 5.74) is 2.60. The molecule has 1 heterocycles. The third-order valence-electron chi connectivity index (χ3n) is 1.27. The predicted octanol–water partition coefficient (Wildman–Crippen LogP) is 1.74. The van der Waals surface area contributed by atoms with E-state index in [9.17, 15) is 0 Å². The van der Waals surface area contributed by atoms with Crippen LogP contribution in [0, 0.1) is 0 Å². The molecule has 0 spiro atoms. The Balaban J connectivity index is 2.53. The number of rotatable bonds is 1. The molecule has 0 aromatic carbocycles. The van der Waals surface area contributed by atoms with Crippen molar-refractivity contribution in [2.75, 3.05) is 12.8 Å². The van der Waals surface area contributed by atoms with Gasteiger partial charge < -0.3 is 5.32 Å². The van der Waals surface area contributed by atoms with E-state index >= 15 is 0 Å². The zero-order chi connectivity index (χ0) is 6.69. The summed E-state index contributed by atoms with van der Waals surface area (Å²) in [7, 11) is 1.95. The SMILES string of the molecule is C=C1CSC=C(NC)C1. The summed E-state index contributed by atoms with van der Waals surface area (Å²) in [6.45, 7) is 3.91. The van der Waals surface area contributed by atoms with Gasteiger partial charge in [0.05, 0.1) is 0 Å². The molecule has 0 aromatic rings. The maximum absolute atomic E-state index is 3.91. The molecule has 1 rings (SSSR count). The number of hydrogen-bond acceptors (Lipinski definition) is 2.